The molecule has 0 unspecified atom stereocenters. The third kappa shape index (κ3) is 3.29. The van der Waals surface area contributed by atoms with Crippen LogP contribution in [0.2, 0.25) is 0 Å². The topological polar surface area (TPSA) is 84.2 Å². The molecule has 118 valence electrons. The Labute approximate surface area is 132 Å². The summed E-state index contributed by atoms with van der Waals surface area (Å²) in [6.45, 7) is -0.118. The highest BCUT2D eigenvalue weighted by atomic mass is 16.5. The monoisotopic (exact) mass is 313 g/mol. The second kappa shape index (κ2) is 6.89. The van der Waals surface area contributed by atoms with E-state index in [0.717, 1.165) is 0 Å². The highest BCUT2D eigenvalue weighted by Crippen LogP contribution is 2.22. The third-order valence-corrected chi connectivity index (χ3v) is 3.08. The van der Waals surface area contributed by atoms with Crippen molar-refractivity contribution < 1.29 is 19.4 Å². The van der Waals surface area contributed by atoms with Crippen molar-refractivity contribution in [1.82, 2.24) is 4.98 Å². The van der Waals surface area contributed by atoms with Crippen LogP contribution in [0.4, 0.5) is 5.69 Å². The number of hydrogen-bond acceptors (Lipinski definition) is 6. The summed E-state index contributed by atoms with van der Waals surface area (Å²) in [7, 11) is 0. The lowest BCUT2D eigenvalue weighted by atomic mass is 10.3. The Bertz CT molecular complexity index is 718. The van der Waals surface area contributed by atoms with Crippen LogP contribution in [0.1, 0.15) is 5.69 Å². The van der Waals surface area contributed by atoms with Gasteiger partial charge in [0.25, 0.3) is 11.8 Å². The summed E-state index contributed by atoms with van der Waals surface area (Å²) >= 11 is 0. The van der Waals surface area contributed by atoms with E-state index in [0.29, 0.717) is 17.1 Å². The first-order valence-electron chi connectivity index (χ1n) is 7.08. The number of carbonyl (C=O) groups is 1. The van der Waals surface area contributed by atoms with E-state index in [9.17, 15) is 4.79 Å². The predicted molar refractivity (Wildman–Crippen MR) is 83.2 cm³/mol. The number of rotatable bonds is 5. The SMILES string of the molecule is O=C1COC(c2ncccc2OCCO)=NN1c1ccccc1. The van der Waals surface area contributed by atoms with Gasteiger partial charge in [0.1, 0.15) is 6.61 Å². The van der Waals surface area contributed by atoms with Gasteiger partial charge in [-0.2, -0.15) is 5.01 Å². The van der Waals surface area contributed by atoms with E-state index in [-0.39, 0.29) is 31.6 Å². The number of benzene rings is 1. The number of aliphatic hydroxyl groups is 1. The molecule has 0 spiro atoms. The number of aromatic nitrogens is 1. The van der Waals surface area contributed by atoms with Crippen LogP contribution in [-0.4, -0.2) is 41.7 Å². The maximum atomic E-state index is 12.0. The normalized spacial score (nSPS) is 14.2. The van der Waals surface area contributed by atoms with Gasteiger partial charge in [-0.3, -0.25) is 4.79 Å². The van der Waals surface area contributed by atoms with Crippen LogP contribution < -0.4 is 9.75 Å². The molecule has 7 nitrogen and oxygen atoms in total. The zero-order valence-electron chi connectivity index (χ0n) is 12.3. The van der Waals surface area contributed by atoms with Gasteiger partial charge in [0, 0.05) is 6.20 Å². The average molecular weight is 313 g/mol. The smallest absolute Gasteiger partial charge is 0.285 e. The number of hydrogen-bond donors (Lipinski definition) is 1. The van der Waals surface area contributed by atoms with Crippen molar-refractivity contribution in [1.29, 1.82) is 0 Å². The number of aliphatic hydroxyl groups excluding tert-OH is 1. The summed E-state index contributed by atoms with van der Waals surface area (Å²) in [5.41, 5.74) is 1.03. The number of anilines is 1. The van der Waals surface area contributed by atoms with E-state index in [4.69, 9.17) is 14.6 Å². The molecular weight excluding hydrogens is 298 g/mol. The van der Waals surface area contributed by atoms with Crippen molar-refractivity contribution in [2.45, 2.75) is 0 Å². The Hall–Kier alpha value is -2.93. The minimum Gasteiger partial charge on any atom is -0.489 e. The van der Waals surface area contributed by atoms with Gasteiger partial charge in [0.15, 0.2) is 18.1 Å². The van der Waals surface area contributed by atoms with E-state index in [2.05, 4.69) is 10.1 Å². The van der Waals surface area contributed by atoms with Crippen molar-refractivity contribution in [3.8, 4) is 5.75 Å². The summed E-state index contributed by atoms with van der Waals surface area (Å²) < 4.78 is 10.8. The molecule has 3 rings (SSSR count). The van der Waals surface area contributed by atoms with Crippen molar-refractivity contribution in [3.63, 3.8) is 0 Å². The molecule has 0 saturated carbocycles. The van der Waals surface area contributed by atoms with Crippen LogP contribution in [0.25, 0.3) is 0 Å². The van der Waals surface area contributed by atoms with Gasteiger partial charge in [-0.15, -0.1) is 5.10 Å². The summed E-state index contributed by atoms with van der Waals surface area (Å²) in [5.74, 6) is 0.360. The standard InChI is InChI=1S/C16H15N3O4/c20-9-10-22-13-7-4-8-17-15(13)16-18-19(14(21)11-23-16)12-5-2-1-3-6-12/h1-8,20H,9-11H2. The number of ether oxygens (including phenoxy) is 2. The molecule has 1 aliphatic rings. The van der Waals surface area contributed by atoms with Crippen molar-refractivity contribution >= 4 is 17.5 Å². The van der Waals surface area contributed by atoms with Crippen LogP contribution in [0.3, 0.4) is 0 Å². The van der Waals surface area contributed by atoms with E-state index in [1.54, 1.807) is 30.5 Å². The van der Waals surface area contributed by atoms with Crippen molar-refractivity contribution in [3.05, 3.63) is 54.4 Å². The van der Waals surface area contributed by atoms with Crippen LogP contribution in [0.5, 0.6) is 5.75 Å². The molecule has 23 heavy (non-hydrogen) atoms. The predicted octanol–water partition coefficient (Wildman–Crippen LogP) is 1.18. The highest BCUT2D eigenvalue weighted by molar-refractivity contribution is 6.04. The van der Waals surface area contributed by atoms with Gasteiger partial charge in [-0.05, 0) is 24.3 Å². The fourth-order valence-electron chi connectivity index (χ4n) is 2.08. The van der Waals surface area contributed by atoms with E-state index in [1.807, 2.05) is 18.2 Å². The fourth-order valence-corrected chi connectivity index (χ4v) is 2.08. The van der Waals surface area contributed by atoms with Gasteiger partial charge in [0.2, 0.25) is 0 Å². The second-order valence-corrected chi connectivity index (χ2v) is 4.66. The molecule has 0 aliphatic carbocycles. The van der Waals surface area contributed by atoms with Gasteiger partial charge >= 0.3 is 0 Å². The molecule has 0 radical (unpaired) electrons. The van der Waals surface area contributed by atoms with Gasteiger partial charge < -0.3 is 14.6 Å². The Balaban J connectivity index is 1.95. The molecular formula is C16H15N3O4. The molecule has 0 saturated heterocycles. The highest BCUT2D eigenvalue weighted by Gasteiger charge is 2.26. The lowest BCUT2D eigenvalue weighted by molar-refractivity contribution is -0.121. The van der Waals surface area contributed by atoms with Crippen LogP contribution in [-0.2, 0) is 9.53 Å². The summed E-state index contributed by atoms with van der Waals surface area (Å²) in [6.07, 6.45) is 1.58. The van der Waals surface area contributed by atoms with Crippen LogP contribution >= 0.6 is 0 Å². The number of para-hydroxylation sites is 1. The molecule has 2 heterocycles. The van der Waals surface area contributed by atoms with E-state index < -0.39 is 0 Å². The zero-order valence-corrected chi connectivity index (χ0v) is 12.3. The minimum absolute atomic E-state index is 0.115. The zero-order chi connectivity index (χ0) is 16.1. The Morgan fingerprint density at radius 1 is 1.22 bits per heavy atom. The summed E-state index contributed by atoms with van der Waals surface area (Å²) in [6, 6.07) is 12.5. The summed E-state index contributed by atoms with van der Waals surface area (Å²) in [5, 5.41) is 14.4. The molecule has 0 bridgehead atoms. The van der Waals surface area contributed by atoms with Crippen molar-refractivity contribution in [2.75, 3.05) is 24.8 Å². The first-order chi connectivity index (χ1) is 11.3. The molecule has 1 aliphatic heterocycles. The number of hydrazone groups is 1. The first kappa shape index (κ1) is 15.0. The summed E-state index contributed by atoms with van der Waals surface area (Å²) in [4.78, 5) is 16.2. The second-order valence-electron chi connectivity index (χ2n) is 4.66. The van der Waals surface area contributed by atoms with Gasteiger partial charge in [-0.1, -0.05) is 18.2 Å². The number of amides is 1. The quantitative estimate of drug-likeness (QED) is 0.896. The largest absolute Gasteiger partial charge is 0.489 e. The van der Waals surface area contributed by atoms with Crippen LogP contribution in [0.15, 0.2) is 53.8 Å². The third-order valence-electron chi connectivity index (χ3n) is 3.08. The Morgan fingerprint density at radius 3 is 2.83 bits per heavy atom. The van der Waals surface area contributed by atoms with E-state index in [1.165, 1.54) is 5.01 Å². The molecule has 7 heteroatoms. The first-order valence-corrected chi connectivity index (χ1v) is 7.08. The molecule has 0 atom stereocenters. The molecule has 0 fully saturated rings. The fraction of sp³-hybridized carbons (Fsp3) is 0.188. The maximum Gasteiger partial charge on any atom is 0.285 e. The molecule has 2 aromatic rings. The minimum atomic E-state index is -0.270. The average Bonchev–Trinajstić information content (AvgIpc) is 2.61. The lowest BCUT2D eigenvalue weighted by Crippen LogP contribution is -2.37. The molecule has 1 aromatic heterocycles. The lowest BCUT2D eigenvalue weighted by Gasteiger charge is -2.24. The number of carbonyl (C=O) groups excluding carboxylic acids is 1. The Kier molecular flexibility index (Phi) is 4.49. The van der Waals surface area contributed by atoms with Crippen LogP contribution in [0, 0.1) is 0 Å². The maximum absolute atomic E-state index is 12.0. The molecule has 1 aromatic carbocycles. The molecule has 1 amide bonds. The number of nitrogens with zero attached hydrogens (tertiary/aromatic N) is 3. The molecule has 1 N–H and O–H groups in total. The van der Waals surface area contributed by atoms with Gasteiger partial charge in [-0.25, -0.2) is 4.98 Å². The van der Waals surface area contributed by atoms with Crippen molar-refractivity contribution in [2.24, 2.45) is 5.10 Å². The van der Waals surface area contributed by atoms with E-state index >= 15 is 0 Å². The van der Waals surface area contributed by atoms with Gasteiger partial charge in [0.05, 0.1) is 12.3 Å². The number of pyridine rings is 1. The Morgan fingerprint density at radius 2 is 2.04 bits per heavy atom.